The van der Waals surface area contributed by atoms with Crippen molar-refractivity contribution in [2.24, 2.45) is 0 Å². The highest BCUT2D eigenvalue weighted by Gasteiger charge is 2.12. The smallest absolute Gasteiger partial charge is 0.270 e. The Morgan fingerprint density at radius 2 is 2.04 bits per heavy atom. The highest BCUT2D eigenvalue weighted by Crippen LogP contribution is 2.29. The third-order valence-corrected chi connectivity index (χ3v) is 4.36. The van der Waals surface area contributed by atoms with Crippen molar-refractivity contribution in [3.8, 4) is 5.75 Å². The number of carbonyl (C=O) groups is 1. The number of ether oxygens (including phenoxy) is 1. The molecular weight excluding hydrogens is 342 g/mol. The molecule has 1 N–H and O–H groups in total. The number of nitro groups is 1. The van der Waals surface area contributed by atoms with Gasteiger partial charge < -0.3 is 10.1 Å². The summed E-state index contributed by atoms with van der Waals surface area (Å²) in [6.45, 7) is 2.50. The van der Waals surface area contributed by atoms with Gasteiger partial charge in [0.1, 0.15) is 5.75 Å². The average molecular weight is 357 g/mol. The predicted octanol–water partition coefficient (Wildman–Crippen LogP) is 3.78. The van der Waals surface area contributed by atoms with Gasteiger partial charge in [-0.1, -0.05) is 23.5 Å². The molecular formula is C17H15N3O4S. The molecule has 0 saturated heterocycles. The fourth-order valence-electron chi connectivity index (χ4n) is 2.30. The fourth-order valence-corrected chi connectivity index (χ4v) is 3.21. The number of non-ortho nitro benzene ring substituents is 1. The van der Waals surface area contributed by atoms with Crippen LogP contribution in [0.1, 0.15) is 12.5 Å². The molecule has 0 aliphatic rings. The predicted molar refractivity (Wildman–Crippen MR) is 96.2 cm³/mol. The van der Waals surface area contributed by atoms with Crippen LogP contribution in [0, 0.1) is 10.1 Å². The van der Waals surface area contributed by atoms with E-state index in [0.29, 0.717) is 22.0 Å². The van der Waals surface area contributed by atoms with Gasteiger partial charge in [-0.05, 0) is 30.7 Å². The SMILES string of the molecule is CCOc1ccc(CC(=O)Nc2nc3ccc([N+](=O)[O-])cc3s2)cc1. The van der Waals surface area contributed by atoms with E-state index in [0.717, 1.165) is 11.3 Å². The first-order valence-corrected chi connectivity index (χ1v) is 8.43. The van der Waals surface area contributed by atoms with Crippen LogP contribution in [0.15, 0.2) is 42.5 Å². The van der Waals surface area contributed by atoms with Gasteiger partial charge in [-0.15, -0.1) is 0 Å². The van der Waals surface area contributed by atoms with Crippen LogP contribution in [0.3, 0.4) is 0 Å². The van der Waals surface area contributed by atoms with Crippen LogP contribution in [0.5, 0.6) is 5.75 Å². The number of nitro benzene ring substituents is 1. The summed E-state index contributed by atoms with van der Waals surface area (Å²) in [6.07, 6.45) is 0.211. The Kier molecular flexibility index (Phi) is 4.90. The van der Waals surface area contributed by atoms with Gasteiger partial charge in [0.25, 0.3) is 5.69 Å². The Balaban J connectivity index is 1.68. The lowest BCUT2D eigenvalue weighted by molar-refractivity contribution is -0.384. The van der Waals surface area contributed by atoms with Crippen LogP contribution in [-0.2, 0) is 11.2 Å². The van der Waals surface area contributed by atoms with Crippen molar-refractivity contribution in [3.05, 3.63) is 58.1 Å². The minimum atomic E-state index is -0.455. The number of carbonyl (C=O) groups excluding carboxylic acids is 1. The van der Waals surface area contributed by atoms with E-state index < -0.39 is 4.92 Å². The maximum atomic E-state index is 12.2. The van der Waals surface area contributed by atoms with Crippen molar-refractivity contribution in [2.45, 2.75) is 13.3 Å². The molecule has 0 saturated carbocycles. The van der Waals surface area contributed by atoms with Crippen LogP contribution in [0.25, 0.3) is 10.2 Å². The minimum Gasteiger partial charge on any atom is -0.494 e. The zero-order valence-electron chi connectivity index (χ0n) is 13.4. The summed E-state index contributed by atoms with van der Waals surface area (Å²) >= 11 is 1.21. The molecule has 0 bridgehead atoms. The molecule has 25 heavy (non-hydrogen) atoms. The molecule has 3 rings (SSSR count). The van der Waals surface area contributed by atoms with E-state index in [4.69, 9.17) is 4.74 Å². The van der Waals surface area contributed by atoms with Gasteiger partial charge in [-0.3, -0.25) is 14.9 Å². The summed E-state index contributed by atoms with van der Waals surface area (Å²) in [4.78, 5) is 26.8. The summed E-state index contributed by atoms with van der Waals surface area (Å²) in [6, 6.07) is 11.7. The van der Waals surface area contributed by atoms with E-state index in [-0.39, 0.29) is 18.0 Å². The van der Waals surface area contributed by atoms with E-state index >= 15 is 0 Å². The van der Waals surface area contributed by atoms with Gasteiger partial charge >= 0.3 is 0 Å². The molecule has 3 aromatic rings. The van der Waals surface area contributed by atoms with Crippen molar-refractivity contribution in [2.75, 3.05) is 11.9 Å². The third kappa shape index (κ3) is 4.10. The molecule has 1 heterocycles. The lowest BCUT2D eigenvalue weighted by atomic mass is 10.1. The number of nitrogens with zero attached hydrogens (tertiary/aromatic N) is 2. The van der Waals surface area contributed by atoms with Gasteiger partial charge in [-0.2, -0.15) is 0 Å². The van der Waals surface area contributed by atoms with Crippen molar-refractivity contribution < 1.29 is 14.5 Å². The Bertz CT molecular complexity index is 921. The number of nitrogens with one attached hydrogen (secondary N) is 1. The summed E-state index contributed by atoms with van der Waals surface area (Å²) < 4.78 is 6.02. The number of benzene rings is 2. The molecule has 0 atom stereocenters. The van der Waals surface area contributed by atoms with Crippen molar-refractivity contribution in [1.82, 2.24) is 4.98 Å². The number of rotatable bonds is 6. The molecule has 128 valence electrons. The van der Waals surface area contributed by atoms with Crippen LogP contribution in [0.2, 0.25) is 0 Å². The molecule has 0 spiro atoms. The summed E-state index contributed by atoms with van der Waals surface area (Å²) in [7, 11) is 0. The number of anilines is 1. The van der Waals surface area contributed by atoms with Crippen molar-refractivity contribution in [3.63, 3.8) is 0 Å². The topological polar surface area (TPSA) is 94.4 Å². The van der Waals surface area contributed by atoms with E-state index in [9.17, 15) is 14.9 Å². The molecule has 0 fully saturated rings. The van der Waals surface area contributed by atoms with Gasteiger partial charge in [-0.25, -0.2) is 4.98 Å². The maximum absolute atomic E-state index is 12.2. The fraction of sp³-hybridized carbons (Fsp3) is 0.176. The first-order valence-electron chi connectivity index (χ1n) is 7.61. The molecule has 0 aliphatic carbocycles. The number of hydrogen-bond acceptors (Lipinski definition) is 6. The molecule has 2 aromatic carbocycles. The van der Waals surface area contributed by atoms with Crippen LogP contribution < -0.4 is 10.1 Å². The molecule has 0 unspecified atom stereocenters. The first kappa shape index (κ1) is 16.8. The van der Waals surface area contributed by atoms with E-state index in [1.165, 1.54) is 23.5 Å². The quantitative estimate of drug-likeness (QED) is 0.535. The second-order valence-electron chi connectivity index (χ2n) is 5.23. The maximum Gasteiger partial charge on any atom is 0.270 e. The number of fused-ring (bicyclic) bond motifs is 1. The Labute approximate surface area is 147 Å². The second kappa shape index (κ2) is 7.27. The largest absolute Gasteiger partial charge is 0.494 e. The van der Waals surface area contributed by atoms with Gasteiger partial charge in [0.2, 0.25) is 5.91 Å². The normalized spacial score (nSPS) is 10.6. The average Bonchev–Trinajstić information content (AvgIpc) is 2.97. The molecule has 1 amide bonds. The highest BCUT2D eigenvalue weighted by atomic mass is 32.1. The summed E-state index contributed by atoms with van der Waals surface area (Å²) in [5, 5.41) is 14.0. The minimum absolute atomic E-state index is 0.00316. The number of hydrogen-bond donors (Lipinski definition) is 1. The number of thiazole rings is 1. The zero-order valence-corrected chi connectivity index (χ0v) is 14.2. The van der Waals surface area contributed by atoms with Gasteiger partial charge in [0, 0.05) is 12.1 Å². The van der Waals surface area contributed by atoms with Crippen molar-refractivity contribution in [1.29, 1.82) is 0 Å². The van der Waals surface area contributed by atoms with E-state index in [1.54, 1.807) is 6.07 Å². The number of aromatic nitrogens is 1. The summed E-state index contributed by atoms with van der Waals surface area (Å²) in [5.41, 5.74) is 1.48. The Morgan fingerprint density at radius 1 is 1.28 bits per heavy atom. The summed E-state index contributed by atoms with van der Waals surface area (Å²) in [5.74, 6) is 0.567. The third-order valence-electron chi connectivity index (χ3n) is 3.43. The van der Waals surface area contributed by atoms with E-state index in [1.807, 2.05) is 31.2 Å². The highest BCUT2D eigenvalue weighted by molar-refractivity contribution is 7.22. The van der Waals surface area contributed by atoms with Gasteiger partial charge in [0.15, 0.2) is 5.13 Å². The Hall–Kier alpha value is -3.00. The molecule has 0 radical (unpaired) electrons. The molecule has 7 nitrogen and oxygen atoms in total. The zero-order chi connectivity index (χ0) is 17.8. The lowest BCUT2D eigenvalue weighted by Crippen LogP contribution is -2.14. The van der Waals surface area contributed by atoms with Crippen LogP contribution in [0.4, 0.5) is 10.8 Å². The van der Waals surface area contributed by atoms with Crippen LogP contribution in [-0.4, -0.2) is 22.4 Å². The molecule has 1 aromatic heterocycles. The molecule has 8 heteroatoms. The van der Waals surface area contributed by atoms with E-state index in [2.05, 4.69) is 10.3 Å². The Morgan fingerprint density at radius 3 is 2.72 bits per heavy atom. The second-order valence-corrected chi connectivity index (χ2v) is 6.26. The first-order chi connectivity index (χ1) is 12.0. The van der Waals surface area contributed by atoms with Crippen LogP contribution >= 0.6 is 11.3 Å². The standard InChI is InChI=1S/C17H15N3O4S/c1-2-24-13-6-3-11(4-7-13)9-16(21)19-17-18-14-8-5-12(20(22)23)10-15(14)25-17/h3-8,10H,2,9H2,1H3,(H,18,19,21). The van der Waals surface area contributed by atoms with Gasteiger partial charge in [0.05, 0.1) is 28.2 Å². The number of amides is 1. The monoisotopic (exact) mass is 357 g/mol. The van der Waals surface area contributed by atoms with Crippen molar-refractivity contribution >= 4 is 38.3 Å². The lowest BCUT2D eigenvalue weighted by Gasteiger charge is -2.05. The molecule has 0 aliphatic heterocycles.